The number of pyridine rings is 1. The van der Waals surface area contributed by atoms with Gasteiger partial charge in [-0.3, -0.25) is 4.98 Å². The van der Waals surface area contributed by atoms with Crippen LogP contribution >= 0.6 is 0 Å². The van der Waals surface area contributed by atoms with E-state index >= 15 is 0 Å². The zero-order valence-corrected chi connectivity index (χ0v) is 11.7. The van der Waals surface area contributed by atoms with E-state index in [0.29, 0.717) is 17.7 Å². The first kappa shape index (κ1) is 14.6. The van der Waals surface area contributed by atoms with Gasteiger partial charge in [-0.25, -0.2) is 8.78 Å². The molecule has 0 saturated heterocycles. The van der Waals surface area contributed by atoms with Crippen LogP contribution in [0.3, 0.4) is 0 Å². The van der Waals surface area contributed by atoms with Crippen LogP contribution in [0.2, 0.25) is 0 Å². The average molecular weight is 276 g/mol. The molecule has 0 radical (unpaired) electrons. The highest BCUT2D eigenvalue weighted by molar-refractivity contribution is 5.27. The van der Waals surface area contributed by atoms with Gasteiger partial charge in [0.05, 0.1) is 0 Å². The van der Waals surface area contributed by atoms with E-state index in [1.165, 1.54) is 12.1 Å². The standard InChI is InChI=1S/C16H18F2N2/c1-11-9-16(18)14(10-15(11)17)12(2)20-8-5-13-3-6-19-7-4-13/h3-4,6-7,9-10,12,20H,5,8H2,1-2H3. The zero-order chi connectivity index (χ0) is 14.5. The van der Waals surface area contributed by atoms with Crippen LogP contribution in [0.1, 0.15) is 29.7 Å². The van der Waals surface area contributed by atoms with Crippen molar-refractivity contribution in [2.45, 2.75) is 26.3 Å². The van der Waals surface area contributed by atoms with E-state index in [0.717, 1.165) is 12.0 Å². The number of benzene rings is 1. The van der Waals surface area contributed by atoms with Crippen molar-refractivity contribution in [3.63, 3.8) is 0 Å². The summed E-state index contributed by atoms with van der Waals surface area (Å²) in [4.78, 5) is 3.95. The molecule has 0 bridgehead atoms. The number of aryl methyl sites for hydroxylation is 1. The smallest absolute Gasteiger partial charge is 0.128 e. The third-order valence-electron chi connectivity index (χ3n) is 3.36. The predicted molar refractivity (Wildman–Crippen MR) is 75.5 cm³/mol. The summed E-state index contributed by atoms with van der Waals surface area (Å²) in [5.41, 5.74) is 1.85. The van der Waals surface area contributed by atoms with Crippen LogP contribution in [0.5, 0.6) is 0 Å². The number of rotatable bonds is 5. The average Bonchev–Trinajstić information content (AvgIpc) is 2.44. The van der Waals surface area contributed by atoms with Gasteiger partial charge in [0.1, 0.15) is 11.6 Å². The van der Waals surface area contributed by atoms with Gasteiger partial charge in [-0.15, -0.1) is 0 Å². The van der Waals surface area contributed by atoms with Crippen molar-refractivity contribution in [1.29, 1.82) is 0 Å². The molecule has 1 heterocycles. The first-order valence-electron chi connectivity index (χ1n) is 6.65. The van der Waals surface area contributed by atoms with Crippen LogP contribution in [0, 0.1) is 18.6 Å². The molecule has 0 amide bonds. The minimum atomic E-state index is -0.371. The highest BCUT2D eigenvalue weighted by Crippen LogP contribution is 2.20. The maximum absolute atomic E-state index is 13.8. The van der Waals surface area contributed by atoms with E-state index in [-0.39, 0.29) is 17.7 Å². The maximum Gasteiger partial charge on any atom is 0.128 e. The van der Waals surface area contributed by atoms with Crippen molar-refractivity contribution >= 4 is 0 Å². The second-order valence-corrected chi connectivity index (χ2v) is 4.90. The van der Waals surface area contributed by atoms with Gasteiger partial charge >= 0.3 is 0 Å². The van der Waals surface area contributed by atoms with Gasteiger partial charge < -0.3 is 5.32 Å². The fraction of sp³-hybridized carbons (Fsp3) is 0.312. The number of nitrogens with one attached hydrogen (secondary N) is 1. The van der Waals surface area contributed by atoms with Gasteiger partial charge in [-0.1, -0.05) is 0 Å². The summed E-state index contributed by atoms with van der Waals surface area (Å²) in [5, 5.41) is 3.21. The largest absolute Gasteiger partial charge is 0.310 e. The predicted octanol–water partition coefficient (Wildman–Crippen LogP) is 3.56. The Morgan fingerprint density at radius 2 is 1.85 bits per heavy atom. The second-order valence-electron chi connectivity index (χ2n) is 4.90. The third-order valence-corrected chi connectivity index (χ3v) is 3.36. The summed E-state index contributed by atoms with van der Waals surface area (Å²) in [6, 6.07) is 6.17. The number of hydrogen-bond acceptors (Lipinski definition) is 2. The summed E-state index contributed by atoms with van der Waals surface area (Å²) < 4.78 is 27.3. The molecule has 1 N–H and O–H groups in total. The molecule has 0 aliphatic heterocycles. The van der Waals surface area contributed by atoms with Crippen LogP contribution in [0.25, 0.3) is 0 Å². The quantitative estimate of drug-likeness (QED) is 0.903. The normalized spacial score (nSPS) is 12.4. The van der Waals surface area contributed by atoms with Crippen LogP contribution < -0.4 is 5.32 Å². The van der Waals surface area contributed by atoms with E-state index in [4.69, 9.17) is 0 Å². The molecule has 0 aliphatic rings. The highest BCUT2D eigenvalue weighted by atomic mass is 19.1. The van der Waals surface area contributed by atoms with E-state index in [9.17, 15) is 8.78 Å². The van der Waals surface area contributed by atoms with Crippen LogP contribution in [0.4, 0.5) is 8.78 Å². The lowest BCUT2D eigenvalue weighted by Crippen LogP contribution is -2.22. The van der Waals surface area contributed by atoms with Gasteiger partial charge in [-0.2, -0.15) is 0 Å². The summed E-state index contributed by atoms with van der Waals surface area (Å²) >= 11 is 0. The molecule has 0 aliphatic carbocycles. The second kappa shape index (κ2) is 6.57. The van der Waals surface area contributed by atoms with E-state index in [2.05, 4.69) is 10.3 Å². The molecule has 106 valence electrons. The Kier molecular flexibility index (Phi) is 4.79. The molecular weight excluding hydrogens is 258 g/mol. The molecule has 2 rings (SSSR count). The summed E-state index contributed by atoms with van der Waals surface area (Å²) in [6.45, 7) is 4.09. The molecule has 1 aromatic heterocycles. The molecule has 20 heavy (non-hydrogen) atoms. The lowest BCUT2D eigenvalue weighted by atomic mass is 10.0. The topological polar surface area (TPSA) is 24.9 Å². The molecule has 0 fully saturated rings. The zero-order valence-electron chi connectivity index (χ0n) is 11.7. The van der Waals surface area contributed by atoms with Gasteiger partial charge in [0.15, 0.2) is 0 Å². The first-order chi connectivity index (χ1) is 9.58. The van der Waals surface area contributed by atoms with Crippen molar-refractivity contribution < 1.29 is 8.78 Å². The molecule has 1 aromatic carbocycles. The van der Waals surface area contributed by atoms with Gasteiger partial charge in [0, 0.05) is 24.0 Å². The summed E-state index contributed by atoms with van der Waals surface area (Å²) in [5.74, 6) is -0.739. The van der Waals surface area contributed by atoms with Gasteiger partial charge in [0.2, 0.25) is 0 Å². The Labute approximate surface area is 117 Å². The first-order valence-corrected chi connectivity index (χ1v) is 6.65. The fourth-order valence-electron chi connectivity index (χ4n) is 2.09. The number of nitrogens with zero attached hydrogens (tertiary/aromatic N) is 1. The molecule has 2 aromatic rings. The Hall–Kier alpha value is -1.81. The molecule has 1 atom stereocenters. The molecule has 0 spiro atoms. The summed E-state index contributed by atoms with van der Waals surface area (Å²) in [6.07, 6.45) is 4.31. The summed E-state index contributed by atoms with van der Waals surface area (Å²) in [7, 11) is 0. The van der Waals surface area contributed by atoms with Crippen LogP contribution in [-0.2, 0) is 6.42 Å². The van der Waals surface area contributed by atoms with Gasteiger partial charge in [-0.05, 0) is 62.2 Å². The van der Waals surface area contributed by atoms with Crippen molar-refractivity contribution in [1.82, 2.24) is 10.3 Å². The van der Waals surface area contributed by atoms with Crippen molar-refractivity contribution in [2.75, 3.05) is 6.54 Å². The van der Waals surface area contributed by atoms with Crippen molar-refractivity contribution in [3.8, 4) is 0 Å². The Balaban J connectivity index is 1.95. The van der Waals surface area contributed by atoms with Crippen LogP contribution in [-0.4, -0.2) is 11.5 Å². The SMILES string of the molecule is Cc1cc(F)c(C(C)NCCc2ccncc2)cc1F. The molecular formula is C16H18F2N2. The monoisotopic (exact) mass is 276 g/mol. The molecule has 2 nitrogen and oxygen atoms in total. The van der Waals surface area contributed by atoms with Crippen molar-refractivity contribution in [3.05, 3.63) is 65.0 Å². The molecule has 0 saturated carbocycles. The Morgan fingerprint density at radius 1 is 1.15 bits per heavy atom. The lowest BCUT2D eigenvalue weighted by Gasteiger charge is -2.16. The third kappa shape index (κ3) is 3.61. The lowest BCUT2D eigenvalue weighted by molar-refractivity contribution is 0.518. The minimum Gasteiger partial charge on any atom is -0.310 e. The Bertz CT molecular complexity index is 570. The van der Waals surface area contributed by atoms with E-state index < -0.39 is 0 Å². The fourth-order valence-corrected chi connectivity index (χ4v) is 2.09. The number of hydrogen-bond donors (Lipinski definition) is 1. The molecule has 1 unspecified atom stereocenters. The van der Waals surface area contributed by atoms with E-state index in [1.54, 1.807) is 19.3 Å². The minimum absolute atomic E-state index is 0.230. The van der Waals surface area contributed by atoms with Crippen LogP contribution in [0.15, 0.2) is 36.7 Å². The van der Waals surface area contributed by atoms with Crippen molar-refractivity contribution in [2.24, 2.45) is 0 Å². The number of halogens is 2. The Morgan fingerprint density at radius 3 is 2.55 bits per heavy atom. The van der Waals surface area contributed by atoms with E-state index in [1.807, 2.05) is 19.1 Å². The highest BCUT2D eigenvalue weighted by Gasteiger charge is 2.13. The maximum atomic E-state index is 13.8. The molecule has 4 heteroatoms. The number of aromatic nitrogens is 1. The van der Waals surface area contributed by atoms with Gasteiger partial charge in [0.25, 0.3) is 0 Å².